The lowest BCUT2D eigenvalue weighted by Gasteiger charge is -2.23. The highest BCUT2D eigenvalue weighted by atomic mass is 32.1. The van der Waals surface area contributed by atoms with E-state index in [4.69, 9.17) is 12.2 Å². The minimum Gasteiger partial charge on any atom is -0.358 e. The van der Waals surface area contributed by atoms with Gasteiger partial charge in [0, 0.05) is 11.6 Å². The topological polar surface area (TPSA) is 36.4 Å². The third-order valence-corrected chi connectivity index (χ3v) is 5.46. The Hall–Kier alpha value is -1.94. The van der Waals surface area contributed by atoms with Crippen molar-refractivity contribution in [3.8, 4) is 0 Å². The Morgan fingerprint density at radius 2 is 1.96 bits per heavy atom. The van der Waals surface area contributed by atoms with Crippen molar-refractivity contribution in [2.45, 2.75) is 31.7 Å². The second kappa shape index (κ2) is 6.28. The second-order valence-corrected chi connectivity index (χ2v) is 7.10. The molecule has 0 amide bonds. The second-order valence-electron chi connectivity index (χ2n) is 6.69. The van der Waals surface area contributed by atoms with Gasteiger partial charge in [-0.05, 0) is 54.1 Å². The molecule has 3 unspecified atom stereocenters. The number of nitrogens with zero attached hydrogens (tertiary/aromatic N) is 1. The molecule has 2 aromatic rings. The number of benzene rings is 2. The van der Waals surface area contributed by atoms with Gasteiger partial charge in [0.05, 0.1) is 6.21 Å². The Balaban J connectivity index is 1.38. The fourth-order valence-corrected chi connectivity index (χ4v) is 4.35. The van der Waals surface area contributed by atoms with Crippen LogP contribution in [0, 0.1) is 11.8 Å². The van der Waals surface area contributed by atoms with E-state index in [1.807, 2.05) is 6.21 Å². The highest BCUT2D eigenvalue weighted by molar-refractivity contribution is 7.80. The Morgan fingerprint density at radius 3 is 2.78 bits per heavy atom. The van der Waals surface area contributed by atoms with Crippen molar-refractivity contribution in [3.05, 3.63) is 48.0 Å². The number of nitrogens with one attached hydrogen (secondary N) is 2. The van der Waals surface area contributed by atoms with Crippen LogP contribution in [0.1, 0.15) is 31.2 Å². The molecule has 0 spiro atoms. The predicted molar refractivity (Wildman–Crippen MR) is 99.6 cm³/mol. The monoisotopic (exact) mass is 323 g/mol. The van der Waals surface area contributed by atoms with Crippen LogP contribution in [-0.2, 0) is 0 Å². The summed E-state index contributed by atoms with van der Waals surface area (Å²) in [7, 11) is 0. The van der Waals surface area contributed by atoms with E-state index in [1.165, 1.54) is 36.5 Å². The number of rotatable bonds is 3. The summed E-state index contributed by atoms with van der Waals surface area (Å²) >= 11 is 5.38. The smallest absolute Gasteiger partial charge is 0.187 e. The molecule has 0 aliphatic heterocycles. The molecule has 2 aliphatic rings. The molecule has 3 atom stereocenters. The Morgan fingerprint density at radius 1 is 1.09 bits per heavy atom. The lowest BCUT2D eigenvalue weighted by molar-refractivity contribution is 0.389. The van der Waals surface area contributed by atoms with Crippen molar-refractivity contribution in [1.82, 2.24) is 10.7 Å². The van der Waals surface area contributed by atoms with Crippen LogP contribution in [0.2, 0.25) is 0 Å². The van der Waals surface area contributed by atoms with Crippen molar-refractivity contribution in [2.24, 2.45) is 16.9 Å². The zero-order valence-corrected chi connectivity index (χ0v) is 13.9. The molecule has 2 aliphatic carbocycles. The lowest BCUT2D eigenvalue weighted by Crippen LogP contribution is -2.42. The molecule has 0 saturated heterocycles. The van der Waals surface area contributed by atoms with Crippen LogP contribution in [0.3, 0.4) is 0 Å². The summed E-state index contributed by atoms with van der Waals surface area (Å²) in [6, 6.07) is 15.1. The van der Waals surface area contributed by atoms with E-state index in [-0.39, 0.29) is 0 Å². The van der Waals surface area contributed by atoms with Gasteiger partial charge >= 0.3 is 0 Å². The number of hydrazone groups is 1. The fourth-order valence-electron chi connectivity index (χ4n) is 4.15. The van der Waals surface area contributed by atoms with E-state index in [1.54, 1.807) is 0 Å². The van der Waals surface area contributed by atoms with Gasteiger partial charge in [0.2, 0.25) is 0 Å². The standard InChI is InChI=1S/C19H21N3S/c23-19(21-18-11-13-8-9-15(18)10-13)22-20-12-16-6-3-5-14-4-1-2-7-17(14)16/h1-7,12-13,15,18H,8-11H2,(H2,21,22,23)/b20-12+. The highest BCUT2D eigenvalue weighted by Gasteiger charge is 2.39. The number of fused-ring (bicyclic) bond motifs is 3. The highest BCUT2D eigenvalue weighted by Crippen LogP contribution is 2.44. The van der Waals surface area contributed by atoms with Gasteiger partial charge in [0.25, 0.3) is 0 Å². The van der Waals surface area contributed by atoms with Crippen LogP contribution in [0.4, 0.5) is 0 Å². The maximum atomic E-state index is 5.38. The SMILES string of the molecule is S=C(N/N=C/c1cccc2ccccc12)NC1CC2CCC1C2. The molecule has 0 radical (unpaired) electrons. The van der Waals surface area contributed by atoms with Gasteiger partial charge in [-0.2, -0.15) is 5.10 Å². The molecule has 2 N–H and O–H groups in total. The summed E-state index contributed by atoms with van der Waals surface area (Å²) in [5, 5.41) is 10.8. The molecule has 0 aromatic heterocycles. The molecular formula is C19H21N3S. The van der Waals surface area contributed by atoms with Crippen molar-refractivity contribution < 1.29 is 0 Å². The largest absolute Gasteiger partial charge is 0.358 e. The van der Waals surface area contributed by atoms with E-state index in [0.29, 0.717) is 11.2 Å². The van der Waals surface area contributed by atoms with E-state index < -0.39 is 0 Å². The molecule has 0 heterocycles. The van der Waals surface area contributed by atoms with Gasteiger partial charge in [0.1, 0.15) is 0 Å². The Labute approximate surface area is 142 Å². The minimum atomic E-state index is 0.543. The summed E-state index contributed by atoms with van der Waals surface area (Å²) in [4.78, 5) is 0. The van der Waals surface area contributed by atoms with Gasteiger partial charge in [-0.15, -0.1) is 0 Å². The first kappa shape index (κ1) is 14.6. The van der Waals surface area contributed by atoms with Crippen LogP contribution < -0.4 is 10.7 Å². The van der Waals surface area contributed by atoms with Crippen LogP contribution in [0.15, 0.2) is 47.6 Å². The van der Waals surface area contributed by atoms with E-state index >= 15 is 0 Å². The van der Waals surface area contributed by atoms with E-state index in [9.17, 15) is 0 Å². The molecule has 4 rings (SSSR count). The summed E-state index contributed by atoms with van der Waals surface area (Å²) in [6.45, 7) is 0. The normalized spacial score (nSPS) is 26.0. The van der Waals surface area contributed by atoms with Gasteiger partial charge in [-0.3, -0.25) is 5.43 Å². The molecule has 23 heavy (non-hydrogen) atoms. The molecule has 2 bridgehead atoms. The molecule has 118 valence electrons. The maximum absolute atomic E-state index is 5.38. The Bertz CT molecular complexity index is 750. The molecular weight excluding hydrogens is 302 g/mol. The Kier molecular flexibility index (Phi) is 4.00. The summed E-state index contributed by atoms with van der Waals surface area (Å²) in [5.41, 5.74) is 4.07. The molecule has 2 fully saturated rings. The summed E-state index contributed by atoms with van der Waals surface area (Å²) < 4.78 is 0. The maximum Gasteiger partial charge on any atom is 0.187 e. The molecule has 2 aromatic carbocycles. The lowest BCUT2D eigenvalue weighted by atomic mass is 9.96. The van der Waals surface area contributed by atoms with Crippen LogP contribution in [0.25, 0.3) is 10.8 Å². The summed E-state index contributed by atoms with van der Waals surface area (Å²) in [5.74, 6) is 1.72. The third-order valence-electron chi connectivity index (χ3n) is 5.25. The molecule has 3 nitrogen and oxygen atoms in total. The zero-order valence-electron chi connectivity index (χ0n) is 13.0. The predicted octanol–water partition coefficient (Wildman–Crippen LogP) is 3.83. The van der Waals surface area contributed by atoms with E-state index in [2.05, 4.69) is 58.3 Å². The van der Waals surface area contributed by atoms with Gasteiger partial charge in [-0.1, -0.05) is 48.9 Å². The first-order chi connectivity index (χ1) is 11.3. The van der Waals surface area contributed by atoms with E-state index in [0.717, 1.165) is 17.4 Å². The molecule has 2 saturated carbocycles. The number of hydrogen-bond donors (Lipinski definition) is 2. The van der Waals surface area contributed by atoms with Crippen molar-refractivity contribution in [2.75, 3.05) is 0 Å². The fraction of sp³-hybridized carbons (Fsp3) is 0.368. The van der Waals surface area contributed by atoms with Crippen molar-refractivity contribution in [3.63, 3.8) is 0 Å². The zero-order chi connectivity index (χ0) is 15.6. The van der Waals surface area contributed by atoms with Crippen molar-refractivity contribution in [1.29, 1.82) is 0 Å². The minimum absolute atomic E-state index is 0.543. The van der Waals surface area contributed by atoms with Gasteiger partial charge < -0.3 is 5.32 Å². The third kappa shape index (κ3) is 3.08. The van der Waals surface area contributed by atoms with Gasteiger partial charge in [0.15, 0.2) is 5.11 Å². The average Bonchev–Trinajstić information content (AvgIpc) is 3.18. The first-order valence-corrected chi connectivity index (χ1v) is 8.78. The van der Waals surface area contributed by atoms with Gasteiger partial charge in [-0.25, -0.2) is 0 Å². The van der Waals surface area contributed by atoms with Crippen LogP contribution >= 0.6 is 12.2 Å². The number of thiocarbonyl (C=S) groups is 1. The quantitative estimate of drug-likeness (QED) is 0.512. The van der Waals surface area contributed by atoms with Crippen LogP contribution in [0.5, 0.6) is 0 Å². The number of hydrogen-bond acceptors (Lipinski definition) is 2. The summed E-state index contributed by atoms with van der Waals surface area (Å²) in [6.07, 6.45) is 7.24. The van der Waals surface area contributed by atoms with Crippen molar-refractivity contribution >= 4 is 34.3 Å². The first-order valence-electron chi connectivity index (χ1n) is 8.37. The average molecular weight is 323 g/mol. The van der Waals surface area contributed by atoms with Crippen LogP contribution in [-0.4, -0.2) is 17.4 Å². The molecule has 4 heteroatoms.